The molecule has 1 aromatic carbocycles. The van der Waals surface area contributed by atoms with E-state index in [1.54, 1.807) is 18.3 Å². The Balaban J connectivity index is 2.74. The molecule has 0 aliphatic carbocycles. The number of hydrogen-bond acceptors (Lipinski definition) is 1. The van der Waals surface area contributed by atoms with E-state index >= 15 is 0 Å². The molecule has 1 rings (SSSR count). The summed E-state index contributed by atoms with van der Waals surface area (Å²) in [7, 11) is -1.21. The quantitative estimate of drug-likeness (QED) is 0.734. The second-order valence-corrected chi connectivity index (χ2v) is 6.52. The number of benzene rings is 1. The number of halogens is 1. The van der Waals surface area contributed by atoms with Crippen LogP contribution in [0.15, 0.2) is 28.7 Å². The third-order valence-corrected chi connectivity index (χ3v) is 3.29. The normalized spacial score (nSPS) is 14.4. The van der Waals surface area contributed by atoms with Crippen molar-refractivity contribution in [3.63, 3.8) is 0 Å². The van der Waals surface area contributed by atoms with Crippen molar-refractivity contribution in [3.05, 3.63) is 34.9 Å². The van der Waals surface area contributed by atoms with E-state index in [9.17, 15) is 4.21 Å². The van der Waals surface area contributed by atoms with Gasteiger partial charge in [0.1, 0.15) is 11.0 Å². The molecule has 82 valence electrons. The van der Waals surface area contributed by atoms with Crippen LogP contribution in [0.1, 0.15) is 26.3 Å². The fourth-order valence-corrected chi connectivity index (χ4v) is 1.48. The summed E-state index contributed by atoms with van der Waals surface area (Å²) in [5.74, 6) is 0. The average molecular weight is 244 g/mol. The molecule has 15 heavy (non-hydrogen) atoms. The van der Waals surface area contributed by atoms with Crippen LogP contribution in [0, 0.1) is 0 Å². The van der Waals surface area contributed by atoms with Crippen LogP contribution in [0.2, 0.25) is 5.02 Å². The first-order valence-electron chi connectivity index (χ1n) is 4.61. The van der Waals surface area contributed by atoms with E-state index in [4.69, 9.17) is 11.6 Å². The van der Waals surface area contributed by atoms with Gasteiger partial charge < -0.3 is 0 Å². The summed E-state index contributed by atoms with van der Waals surface area (Å²) in [5, 5.41) is 0.684. The third-order valence-electron chi connectivity index (χ3n) is 1.69. The van der Waals surface area contributed by atoms with Gasteiger partial charge in [0.25, 0.3) is 0 Å². The lowest BCUT2D eigenvalue weighted by Gasteiger charge is -2.12. The van der Waals surface area contributed by atoms with E-state index in [1.807, 2.05) is 32.9 Å². The Morgan fingerprint density at radius 1 is 1.27 bits per heavy atom. The van der Waals surface area contributed by atoms with E-state index in [2.05, 4.69) is 4.40 Å². The van der Waals surface area contributed by atoms with Gasteiger partial charge in [-0.1, -0.05) is 23.7 Å². The number of rotatable bonds is 2. The third kappa shape index (κ3) is 4.14. The first-order chi connectivity index (χ1) is 6.89. The Bertz CT molecular complexity index is 379. The molecule has 0 fully saturated rings. The predicted octanol–water partition coefficient (Wildman–Crippen LogP) is 3.22. The van der Waals surface area contributed by atoms with Gasteiger partial charge in [0.05, 0.1) is 4.75 Å². The van der Waals surface area contributed by atoms with Gasteiger partial charge in [-0.2, -0.15) is 4.40 Å². The first-order valence-corrected chi connectivity index (χ1v) is 6.10. The zero-order valence-corrected chi connectivity index (χ0v) is 10.6. The molecule has 0 heterocycles. The highest BCUT2D eigenvalue weighted by Crippen LogP contribution is 2.13. The van der Waals surface area contributed by atoms with Gasteiger partial charge in [-0.25, -0.2) is 4.21 Å². The minimum atomic E-state index is -1.21. The van der Waals surface area contributed by atoms with Crippen LogP contribution in [0.3, 0.4) is 0 Å². The van der Waals surface area contributed by atoms with Gasteiger partial charge >= 0.3 is 0 Å². The van der Waals surface area contributed by atoms with Crippen molar-refractivity contribution in [3.8, 4) is 0 Å². The molecule has 0 radical (unpaired) electrons. The highest BCUT2D eigenvalue weighted by Gasteiger charge is 2.17. The molecule has 1 atom stereocenters. The van der Waals surface area contributed by atoms with Crippen molar-refractivity contribution >= 4 is 28.8 Å². The van der Waals surface area contributed by atoms with Gasteiger partial charge in [-0.05, 0) is 38.5 Å². The maximum Gasteiger partial charge on any atom is 0.144 e. The van der Waals surface area contributed by atoms with Crippen LogP contribution < -0.4 is 0 Å². The summed E-state index contributed by atoms with van der Waals surface area (Å²) in [6.45, 7) is 5.67. The lowest BCUT2D eigenvalue weighted by molar-refractivity contribution is 0.651. The molecule has 1 aromatic rings. The van der Waals surface area contributed by atoms with Gasteiger partial charge in [-0.15, -0.1) is 0 Å². The zero-order chi connectivity index (χ0) is 11.5. The van der Waals surface area contributed by atoms with Gasteiger partial charge in [-0.3, -0.25) is 0 Å². The Labute approximate surface area is 98.0 Å². The maximum atomic E-state index is 11.6. The van der Waals surface area contributed by atoms with Crippen LogP contribution in [-0.4, -0.2) is 15.2 Å². The second-order valence-electron chi connectivity index (χ2n) is 4.15. The minimum Gasteiger partial charge on any atom is -0.234 e. The van der Waals surface area contributed by atoms with Crippen molar-refractivity contribution in [1.29, 1.82) is 0 Å². The molecule has 0 bridgehead atoms. The highest BCUT2D eigenvalue weighted by molar-refractivity contribution is 7.85. The summed E-state index contributed by atoms with van der Waals surface area (Å²) in [6, 6.07) is 7.24. The first kappa shape index (κ1) is 12.4. The molecular formula is C11H14ClNOS. The van der Waals surface area contributed by atoms with Gasteiger partial charge in [0, 0.05) is 11.2 Å². The highest BCUT2D eigenvalue weighted by atomic mass is 35.5. The SMILES string of the molecule is CC(C)(C)[S@](=O)/N=C/c1ccc(Cl)cc1. The molecule has 0 unspecified atom stereocenters. The molecule has 0 aliphatic heterocycles. The Morgan fingerprint density at radius 2 is 1.80 bits per heavy atom. The maximum absolute atomic E-state index is 11.6. The molecule has 2 nitrogen and oxygen atoms in total. The lowest BCUT2D eigenvalue weighted by Crippen LogP contribution is -2.19. The van der Waals surface area contributed by atoms with Gasteiger partial charge in [0.2, 0.25) is 0 Å². The summed E-state index contributed by atoms with van der Waals surface area (Å²) in [4.78, 5) is 0. The minimum absolute atomic E-state index is 0.317. The largest absolute Gasteiger partial charge is 0.234 e. The smallest absolute Gasteiger partial charge is 0.144 e. The zero-order valence-electron chi connectivity index (χ0n) is 9.03. The Hall–Kier alpha value is -0.670. The van der Waals surface area contributed by atoms with E-state index in [0.29, 0.717) is 5.02 Å². The standard InChI is InChI=1S/C11H14ClNOS/c1-11(2,3)15(14)13-8-9-4-6-10(12)7-5-9/h4-8H,1-3H3/b13-8+/t15-/m0/s1. The van der Waals surface area contributed by atoms with Crippen molar-refractivity contribution in [1.82, 2.24) is 0 Å². The van der Waals surface area contributed by atoms with Gasteiger partial charge in [0.15, 0.2) is 0 Å². The summed E-state index contributed by atoms with van der Waals surface area (Å²) in [5.41, 5.74) is 0.900. The van der Waals surface area contributed by atoms with Crippen molar-refractivity contribution in [2.24, 2.45) is 4.40 Å². The molecule has 0 amide bonds. The Kier molecular flexibility index (Phi) is 4.05. The monoisotopic (exact) mass is 243 g/mol. The second kappa shape index (κ2) is 4.90. The lowest BCUT2D eigenvalue weighted by atomic mass is 10.2. The molecule has 0 aromatic heterocycles. The topological polar surface area (TPSA) is 29.4 Å². The number of hydrogen-bond donors (Lipinski definition) is 0. The molecule has 0 aliphatic rings. The Morgan fingerprint density at radius 3 is 2.27 bits per heavy atom. The summed E-state index contributed by atoms with van der Waals surface area (Å²) >= 11 is 5.74. The summed E-state index contributed by atoms with van der Waals surface area (Å²) < 4.78 is 15.3. The van der Waals surface area contributed by atoms with Crippen LogP contribution in [0.5, 0.6) is 0 Å². The van der Waals surface area contributed by atoms with Crippen molar-refractivity contribution < 1.29 is 4.21 Å². The van der Waals surface area contributed by atoms with Crippen LogP contribution in [0.4, 0.5) is 0 Å². The fourth-order valence-electron chi connectivity index (χ4n) is 0.816. The fraction of sp³-hybridized carbons (Fsp3) is 0.364. The van der Waals surface area contributed by atoms with Crippen LogP contribution in [-0.2, 0) is 11.0 Å². The average Bonchev–Trinajstić information content (AvgIpc) is 2.15. The number of nitrogens with zero attached hydrogens (tertiary/aromatic N) is 1. The molecule has 0 spiro atoms. The molecule has 0 N–H and O–H groups in total. The molecule has 4 heteroatoms. The van der Waals surface area contributed by atoms with E-state index < -0.39 is 11.0 Å². The molecule has 0 saturated carbocycles. The predicted molar refractivity (Wildman–Crippen MR) is 66.9 cm³/mol. The summed E-state index contributed by atoms with van der Waals surface area (Å²) in [6.07, 6.45) is 1.61. The van der Waals surface area contributed by atoms with E-state index in [0.717, 1.165) is 5.56 Å². The molecular weight excluding hydrogens is 230 g/mol. The van der Waals surface area contributed by atoms with Crippen molar-refractivity contribution in [2.75, 3.05) is 0 Å². The van der Waals surface area contributed by atoms with Crippen LogP contribution >= 0.6 is 11.6 Å². The van der Waals surface area contributed by atoms with Crippen LogP contribution in [0.25, 0.3) is 0 Å². The van der Waals surface area contributed by atoms with Crippen molar-refractivity contribution in [2.45, 2.75) is 25.5 Å². The van der Waals surface area contributed by atoms with E-state index in [1.165, 1.54) is 0 Å². The molecule has 0 saturated heterocycles. The van der Waals surface area contributed by atoms with E-state index in [-0.39, 0.29) is 4.75 Å².